The first-order valence-corrected chi connectivity index (χ1v) is 8.12. The fourth-order valence-corrected chi connectivity index (χ4v) is 3.18. The van der Waals surface area contributed by atoms with Gasteiger partial charge in [0, 0.05) is 18.0 Å². The van der Waals surface area contributed by atoms with Crippen LogP contribution in [0.15, 0.2) is 10.7 Å². The summed E-state index contributed by atoms with van der Waals surface area (Å²) in [7, 11) is 0. The Kier molecular flexibility index (Phi) is 3.54. The lowest BCUT2D eigenvalue weighted by atomic mass is 9.75. The Balaban J connectivity index is 1.66. The molecule has 1 aromatic rings. The maximum Gasteiger partial charge on any atom is 0.135 e. The summed E-state index contributed by atoms with van der Waals surface area (Å²) < 4.78 is 0.906. The molecule has 0 atom stereocenters. The van der Waals surface area contributed by atoms with E-state index in [0.29, 0.717) is 17.4 Å². The van der Waals surface area contributed by atoms with Gasteiger partial charge < -0.3 is 5.32 Å². The van der Waals surface area contributed by atoms with Gasteiger partial charge in [-0.05, 0) is 59.9 Å². The zero-order valence-corrected chi connectivity index (χ0v) is 13.3. The van der Waals surface area contributed by atoms with Crippen LogP contribution >= 0.6 is 15.9 Å². The summed E-state index contributed by atoms with van der Waals surface area (Å²) in [5.41, 5.74) is 0.517. The molecule has 1 N–H and O–H groups in total. The van der Waals surface area contributed by atoms with Gasteiger partial charge in [0.25, 0.3) is 0 Å². The maximum absolute atomic E-state index is 4.67. The van der Waals surface area contributed by atoms with Crippen molar-refractivity contribution >= 4 is 21.7 Å². The molecule has 0 aliphatic heterocycles. The highest BCUT2D eigenvalue weighted by Crippen LogP contribution is 2.39. The fourth-order valence-electron chi connectivity index (χ4n) is 2.79. The number of nitrogens with zero attached hydrogens (tertiary/aromatic N) is 2. The van der Waals surface area contributed by atoms with Gasteiger partial charge in [0.2, 0.25) is 0 Å². The lowest BCUT2D eigenvalue weighted by Crippen LogP contribution is -2.30. The Morgan fingerprint density at radius 3 is 2.47 bits per heavy atom. The normalized spacial score (nSPS) is 23.3. The Hall–Kier alpha value is -0.640. The summed E-state index contributed by atoms with van der Waals surface area (Å²) in [6.07, 6.45) is 7.57. The topological polar surface area (TPSA) is 37.8 Å². The van der Waals surface area contributed by atoms with Crippen molar-refractivity contribution in [2.24, 2.45) is 5.41 Å². The van der Waals surface area contributed by atoms with Gasteiger partial charge in [-0.25, -0.2) is 9.97 Å². The number of nitrogens with one attached hydrogen (secondary N) is 1. The standard InChI is InChI=1S/C15H22BrN3/c1-15(2)7-5-11(6-8-15)17-13-9-12(16)18-14(19-13)10-3-4-10/h9-11H,3-8H2,1-2H3,(H,17,18,19). The Morgan fingerprint density at radius 2 is 1.84 bits per heavy atom. The second-order valence-electron chi connectivity index (χ2n) is 6.79. The van der Waals surface area contributed by atoms with E-state index in [9.17, 15) is 0 Å². The van der Waals surface area contributed by atoms with Crippen molar-refractivity contribution in [3.8, 4) is 0 Å². The van der Waals surface area contributed by atoms with Gasteiger partial charge in [-0.1, -0.05) is 13.8 Å². The predicted octanol–water partition coefficient (Wildman–Crippen LogP) is 4.50. The molecule has 3 nitrogen and oxygen atoms in total. The predicted molar refractivity (Wildman–Crippen MR) is 81.4 cm³/mol. The summed E-state index contributed by atoms with van der Waals surface area (Å²) in [6.45, 7) is 4.74. The van der Waals surface area contributed by atoms with Crippen molar-refractivity contribution in [1.82, 2.24) is 9.97 Å². The van der Waals surface area contributed by atoms with Crippen LogP contribution in [0.4, 0.5) is 5.82 Å². The van der Waals surface area contributed by atoms with Crippen LogP contribution in [0.2, 0.25) is 0 Å². The number of aromatic nitrogens is 2. The molecular formula is C15H22BrN3. The molecule has 1 heterocycles. The molecule has 2 aliphatic rings. The van der Waals surface area contributed by atoms with E-state index in [1.54, 1.807) is 0 Å². The molecule has 0 saturated heterocycles. The van der Waals surface area contributed by atoms with Crippen molar-refractivity contribution in [2.75, 3.05) is 5.32 Å². The molecule has 0 spiro atoms. The smallest absolute Gasteiger partial charge is 0.135 e. The zero-order valence-electron chi connectivity index (χ0n) is 11.7. The molecule has 0 radical (unpaired) electrons. The number of halogens is 1. The Bertz CT molecular complexity index is 458. The zero-order chi connectivity index (χ0) is 13.5. The van der Waals surface area contributed by atoms with Gasteiger partial charge in [0.15, 0.2) is 0 Å². The molecule has 0 amide bonds. The third-order valence-electron chi connectivity index (χ3n) is 4.35. The van der Waals surface area contributed by atoms with Crippen molar-refractivity contribution in [1.29, 1.82) is 0 Å². The minimum Gasteiger partial charge on any atom is -0.367 e. The van der Waals surface area contributed by atoms with Crippen LogP contribution in [0.3, 0.4) is 0 Å². The summed E-state index contributed by atoms with van der Waals surface area (Å²) in [5.74, 6) is 2.60. The van der Waals surface area contributed by atoms with E-state index in [0.717, 1.165) is 16.2 Å². The molecule has 0 unspecified atom stereocenters. The molecule has 1 aromatic heterocycles. The Labute approximate surface area is 123 Å². The molecular weight excluding hydrogens is 302 g/mol. The highest BCUT2D eigenvalue weighted by molar-refractivity contribution is 9.10. The average Bonchev–Trinajstić information content (AvgIpc) is 3.15. The highest BCUT2D eigenvalue weighted by atomic mass is 79.9. The lowest BCUT2D eigenvalue weighted by Gasteiger charge is -2.34. The summed E-state index contributed by atoms with van der Waals surface area (Å²) in [6, 6.07) is 2.58. The molecule has 3 rings (SSSR count). The van der Waals surface area contributed by atoms with Gasteiger partial charge >= 0.3 is 0 Å². The minimum absolute atomic E-state index is 0.517. The molecule has 2 fully saturated rings. The van der Waals surface area contributed by atoms with Gasteiger partial charge in [0.1, 0.15) is 16.2 Å². The van der Waals surface area contributed by atoms with E-state index in [4.69, 9.17) is 0 Å². The van der Waals surface area contributed by atoms with E-state index >= 15 is 0 Å². The number of anilines is 1. The number of hydrogen-bond donors (Lipinski definition) is 1. The van der Waals surface area contributed by atoms with Gasteiger partial charge in [-0.2, -0.15) is 0 Å². The largest absolute Gasteiger partial charge is 0.367 e. The minimum atomic E-state index is 0.517. The van der Waals surface area contributed by atoms with Crippen molar-refractivity contribution in [3.05, 3.63) is 16.5 Å². The third kappa shape index (κ3) is 3.47. The lowest BCUT2D eigenvalue weighted by molar-refractivity contribution is 0.232. The first-order valence-electron chi connectivity index (χ1n) is 7.33. The molecule has 2 aliphatic carbocycles. The molecule has 0 bridgehead atoms. The van der Waals surface area contributed by atoms with Crippen LogP contribution in [0.25, 0.3) is 0 Å². The highest BCUT2D eigenvalue weighted by Gasteiger charge is 2.29. The summed E-state index contributed by atoms with van der Waals surface area (Å²) >= 11 is 3.50. The Morgan fingerprint density at radius 1 is 1.16 bits per heavy atom. The number of hydrogen-bond acceptors (Lipinski definition) is 3. The molecule has 2 saturated carbocycles. The second kappa shape index (κ2) is 5.04. The quantitative estimate of drug-likeness (QED) is 0.832. The second-order valence-corrected chi connectivity index (χ2v) is 7.60. The maximum atomic E-state index is 4.67. The first kappa shape index (κ1) is 13.3. The van der Waals surface area contributed by atoms with E-state index in [1.807, 2.05) is 6.07 Å². The van der Waals surface area contributed by atoms with Gasteiger partial charge in [-0.15, -0.1) is 0 Å². The van der Waals surface area contributed by atoms with Crippen LogP contribution in [0, 0.1) is 5.41 Å². The third-order valence-corrected chi connectivity index (χ3v) is 4.75. The molecule has 19 heavy (non-hydrogen) atoms. The van der Waals surface area contributed by atoms with Crippen LogP contribution in [-0.2, 0) is 0 Å². The van der Waals surface area contributed by atoms with Gasteiger partial charge in [0.05, 0.1) is 0 Å². The van der Waals surface area contributed by atoms with Crippen molar-refractivity contribution in [3.63, 3.8) is 0 Å². The molecule has 0 aromatic carbocycles. The first-order chi connectivity index (χ1) is 9.02. The van der Waals surface area contributed by atoms with Crippen LogP contribution in [-0.4, -0.2) is 16.0 Å². The average molecular weight is 324 g/mol. The van der Waals surface area contributed by atoms with Crippen LogP contribution < -0.4 is 5.32 Å². The molecule has 4 heteroatoms. The van der Waals surface area contributed by atoms with E-state index in [1.165, 1.54) is 38.5 Å². The monoisotopic (exact) mass is 323 g/mol. The molecule has 104 valence electrons. The fraction of sp³-hybridized carbons (Fsp3) is 0.733. The van der Waals surface area contributed by atoms with Crippen LogP contribution in [0.5, 0.6) is 0 Å². The van der Waals surface area contributed by atoms with E-state index in [-0.39, 0.29) is 0 Å². The van der Waals surface area contributed by atoms with E-state index < -0.39 is 0 Å². The van der Waals surface area contributed by atoms with Crippen molar-refractivity contribution in [2.45, 2.75) is 64.3 Å². The van der Waals surface area contributed by atoms with Crippen LogP contribution in [0.1, 0.15) is 64.1 Å². The summed E-state index contributed by atoms with van der Waals surface area (Å²) in [5, 5.41) is 3.60. The van der Waals surface area contributed by atoms with Gasteiger partial charge in [-0.3, -0.25) is 0 Å². The number of rotatable bonds is 3. The summed E-state index contributed by atoms with van der Waals surface area (Å²) in [4.78, 5) is 9.15. The van der Waals surface area contributed by atoms with Crippen molar-refractivity contribution < 1.29 is 0 Å². The van der Waals surface area contributed by atoms with E-state index in [2.05, 4.69) is 45.1 Å². The SMILES string of the molecule is CC1(C)CCC(Nc2cc(Br)nc(C3CC3)n2)CC1.